The van der Waals surface area contributed by atoms with E-state index < -0.39 is 23.4 Å². The molecule has 1 saturated heterocycles. The number of aromatic hydroxyl groups is 3. The first-order valence-electron chi connectivity index (χ1n) is 12.1. The van der Waals surface area contributed by atoms with E-state index in [-0.39, 0.29) is 46.3 Å². The number of hydrogen-bond acceptors (Lipinski definition) is 10. The molecule has 0 radical (unpaired) electrons. The maximum Gasteiger partial charge on any atom is 0.204 e. The van der Waals surface area contributed by atoms with E-state index >= 15 is 0 Å². The van der Waals surface area contributed by atoms with Crippen LogP contribution in [0.1, 0.15) is 25.5 Å². The highest BCUT2D eigenvalue weighted by Gasteiger charge is 2.40. The summed E-state index contributed by atoms with van der Waals surface area (Å²) in [6, 6.07) is 13.5. The van der Waals surface area contributed by atoms with Gasteiger partial charge in [0.25, 0.3) is 0 Å². The minimum absolute atomic E-state index is 0.0177. The van der Waals surface area contributed by atoms with Crippen LogP contribution in [-0.4, -0.2) is 48.0 Å². The predicted octanol–water partition coefficient (Wildman–Crippen LogP) is 4.87. The highest BCUT2D eigenvalue weighted by Crippen LogP contribution is 2.45. The molecule has 0 spiro atoms. The van der Waals surface area contributed by atoms with E-state index in [2.05, 4.69) is 0 Å². The fourth-order valence-electron chi connectivity index (χ4n) is 4.51. The molecule has 10 nitrogen and oxygen atoms in total. The molecule has 3 N–H and O–H groups in total. The van der Waals surface area contributed by atoms with Crippen LogP contribution in [0.2, 0.25) is 0 Å². The highest BCUT2D eigenvalue weighted by molar-refractivity contribution is 5.86. The summed E-state index contributed by atoms with van der Waals surface area (Å²) < 4.78 is 35.6. The van der Waals surface area contributed by atoms with Crippen molar-refractivity contribution in [2.24, 2.45) is 0 Å². The van der Waals surface area contributed by atoms with Crippen LogP contribution in [0.15, 0.2) is 63.8 Å². The average Bonchev–Trinajstić information content (AvgIpc) is 2.89. The van der Waals surface area contributed by atoms with Gasteiger partial charge in [-0.3, -0.25) is 4.79 Å². The van der Waals surface area contributed by atoms with Crippen molar-refractivity contribution < 1.29 is 43.4 Å². The zero-order chi connectivity index (χ0) is 27.9. The summed E-state index contributed by atoms with van der Waals surface area (Å²) in [6.45, 7) is 3.81. The Hall–Kier alpha value is -4.41. The van der Waals surface area contributed by atoms with Gasteiger partial charge in [0, 0.05) is 23.8 Å². The Balaban J connectivity index is 1.55. The summed E-state index contributed by atoms with van der Waals surface area (Å²) in [5.74, 6) is -0.337. The summed E-state index contributed by atoms with van der Waals surface area (Å²) in [7, 11) is 2.93. The van der Waals surface area contributed by atoms with Crippen LogP contribution < -0.4 is 19.6 Å². The average molecular weight is 537 g/mol. The molecule has 10 heteroatoms. The van der Waals surface area contributed by atoms with E-state index in [9.17, 15) is 20.1 Å². The van der Waals surface area contributed by atoms with E-state index in [0.717, 1.165) is 11.6 Å². The lowest BCUT2D eigenvalue weighted by Gasteiger charge is -2.41. The first-order chi connectivity index (χ1) is 18.6. The van der Waals surface area contributed by atoms with Crippen molar-refractivity contribution in [1.29, 1.82) is 0 Å². The molecule has 0 unspecified atom stereocenters. The van der Waals surface area contributed by atoms with Crippen LogP contribution in [0.3, 0.4) is 0 Å². The van der Waals surface area contributed by atoms with Crippen LogP contribution in [0.5, 0.6) is 34.5 Å². The Morgan fingerprint density at radius 2 is 1.56 bits per heavy atom. The number of fused-ring (bicyclic) bond motifs is 1. The molecule has 2 atom stereocenters. The number of phenolic OH excluding ortho intramolecular Hbond substituents is 3. The lowest BCUT2D eigenvalue weighted by Crippen LogP contribution is -2.46. The van der Waals surface area contributed by atoms with Gasteiger partial charge in [0.05, 0.1) is 20.8 Å². The van der Waals surface area contributed by atoms with E-state index in [1.807, 2.05) is 13.8 Å². The number of methoxy groups -OCH3 is 2. The van der Waals surface area contributed by atoms with Crippen molar-refractivity contribution in [3.63, 3.8) is 0 Å². The Kier molecular flexibility index (Phi) is 6.75. The highest BCUT2D eigenvalue weighted by atomic mass is 16.7. The van der Waals surface area contributed by atoms with E-state index in [1.165, 1.54) is 26.4 Å². The molecule has 1 aliphatic rings. The molecule has 1 aliphatic heterocycles. The van der Waals surface area contributed by atoms with E-state index in [4.69, 9.17) is 28.1 Å². The lowest BCUT2D eigenvalue weighted by atomic mass is 10.0. The second kappa shape index (κ2) is 10.0. The third-order valence-corrected chi connectivity index (χ3v) is 6.37. The van der Waals surface area contributed by atoms with Gasteiger partial charge in [-0.25, -0.2) is 0 Å². The Morgan fingerprint density at radius 1 is 0.897 bits per heavy atom. The molecular formula is C29H28O10. The molecule has 204 valence electrons. The quantitative estimate of drug-likeness (QED) is 0.313. The second-order valence-electron chi connectivity index (χ2n) is 9.52. The number of rotatable bonds is 6. The van der Waals surface area contributed by atoms with E-state index in [1.54, 1.807) is 36.4 Å². The predicted molar refractivity (Wildman–Crippen MR) is 141 cm³/mol. The van der Waals surface area contributed by atoms with Crippen LogP contribution in [-0.2, 0) is 9.47 Å². The molecule has 0 bridgehead atoms. The van der Waals surface area contributed by atoms with Crippen molar-refractivity contribution in [3.05, 3.63) is 70.4 Å². The first-order valence-corrected chi connectivity index (χ1v) is 12.1. The zero-order valence-corrected chi connectivity index (χ0v) is 21.8. The van der Waals surface area contributed by atoms with Crippen LogP contribution in [0.25, 0.3) is 22.3 Å². The Morgan fingerprint density at radius 3 is 2.21 bits per heavy atom. The topological polar surface area (TPSA) is 137 Å². The van der Waals surface area contributed by atoms with Crippen molar-refractivity contribution in [3.8, 4) is 45.8 Å². The number of hydrogen-bond donors (Lipinski definition) is 3. The van der Waals surface area contributed by atoms with Gasteiger partial charge in [-0.05, 0) is 43.7 Å². The van der Waals surface area contributed by atoms with Gasteiger partial charge in [0.1, 0.15) is 40.1 Å². The van der Waals surface area contributed by atoms with Gasteiger partial charge >= 0.3 is 0 Å². The van der Waals surface area contributed by atoms with Crippen molar-refractivity contribution in [2.75, 3.05) is 20.8 Å². The van der Waals surface area contributed by atoms with Gasteiger partial charge in [0.15, 0.2) is 28.8 Å². The molecule has 4 aromatic rings. The molecular weight excluding hydrogens is 508 g/mol. The molecule has 0 aliphatic carbocycles. The fourth-order valence-corrected chi connectivity index (χ4v) is 4.51. The maximum atomic E-state index is 12.8. The monoisotopic (exact) mass is 536 g/mol. The lowest BCUT2D eigenvalue weighted by molar-refractivity contribution is -0.302. The SMILES string of the molecule is COc1cc(-c2cc(=O)c3c(O)cc(O)cc3o2)cc(OC)c1O[C@H]1COC(C)(C)O[C@@H]1c1ccc(O)cc1. The van der Waals surface area contributed by atoms with Crippen molar-refractivity contribution in [2.45, 2.75) is 31.8 Å². The Labute approximate surface area is 223 Å². The number of phenols is 3. The van der Waals surface area contributed by atoms with Gasteiger partial charge in [-0.15, -0.1) is 0 Å². The fraction of sp³-hybridized carbons (Fsp3) is 0.276. The smallest absolute Gasteiger partial charge is 0.204 e. The molecule has 3 aromatic carbocycles. The van der Waals surface area contributed by atoms with Gasteiger partial charge < -0.3 is 43.4 Å². The van der Waals surface area contributed by atoms with Crippen molar-refractivity contribution >= 4 is 11.0 Å². The minimum atomic E-state index is -0.864. The maximum absolute atomic E-state index is 12.8. The number of benzene rings is 3. The van der Waals surface area contributed by atoms with Crippen LogP contribution >= 0.6 is 0 Å². The minimum Gasteiger partial charge on any atom is -0.508 e. The van der Waals surface area contributed by atoms with E-state index in [0.29, 0.717) is 17.1 Å². The molecule has 1 aromatic heterocycles. The molecule has 39 heavy (non-hydrogen) atoms. The molecule has 2 heterocycles. The third-order valence-electron chi connectivity index (χ3n) is 6.37. The summed E-state index contributed by atoms with van der Waals surface area (Å²) in [6.07, 6.45) is -1.15. The Bertz CT molecular complexity index is 1550. The molecule has 5 rings (SSSR count). The second-order valence-corrected chi connectivity index (χ2v) is 9.52. The zero-order valence-electron chi connectivity index (χ0n) is 21.8. The summed E-state index contributed by atoms with van der Waals surface area (Å²) in [5, 5.41) is 29.6. The van der Waals surface area contributed by atoms with Gasteiger partial charge in [0.2, 0.25) is 5.75 Å². The molecule has 1 fully saturated rings. The molecule has 0 amide bonds. The largest absolute Gasteiger partial charge is 0.508 e. The van der Waals surface area contributed by atoms with Gasteiger partial charge in [-0.2, -0.15) is 0 Å². The standard InChI is InChI=1S/C29H28O10/c1-29(2)36-14-25(27(39-29)15-5-7-17(30)8-6-15)38-28-23(34-3)9-16(10-24(28)35-4)21-13-20(33)26-19(32)11-18(31)12-22(26)37-21/h5-13,25,27,30-32H,14H2,1-4H3/t25-,27+/m0/s1. The normalized spacial score (nSPS) is 18.6. The third kappa shape index (κ3) is 5.16. The number of ether oxygens (including phenoxy) is 5. The summed E-state index contributed by atoms with van der Waals surface area (Å²) in [5.41, 5.74) is 0.750. The van der Waals surface area contributed by atoms with Crippen LogP contribution in [0.4, 0.5) is 0 Å². The molecule has 0 saturated carbocycles. The van der Waals surface area contributed by atoms with Crippen molar-refractivity contribution in [1.82, 2.24) is 0 Å². The summed E-state index contributed by atoms with van der Waals surface area (Å²) in [4.78, 5) is 12.8. The summed E-state index contributed by atoms with van der Waals surface area (Å²) >= 11 is 0. The first kappa shape index (κ1) is 26.2. The van der Waals surface area contributed by atoms with Gasteiger partial charge in [-0.1, -0.05) is 12.1 Å². The van der Waals surface area contributed by atoms with Crippen LogP contribution in [0, 0.1) is 0 Å².